The maximum Gasteiger partial charge on any atom is 0.232 e. The fourth-order valence-corrected chi connectivity index (χ4v) is 1.76. The molecule has 1 heterocycles. The molecule has 0 amide bonds. The average molecular weight is 250 g/mol. The number of hydrogen-bond donors (Lipinski definition) is 2. The van der Waals surface area contributed by atoms with E-state index in [0.717, 1.165) is 5.69 Å². The quantitative estimate of drug-likeness (QED) is 0.648. The van der Waals surface area contributed by atoms with Crippen LogP contribution >= 0.6 is 24.4 Å². The molecule has 1 aromatic heterocycles. The number of benzene rings is 1. The number of para-hydroxylation sites is 1. The van der Waals surface area contributed by atoms with Crippen LogP contribution in [0.4, 0.5) is 11.6 Å². The van der Waals surface area contributed by atoms with Crippen LogP contribution < -0.4 is 5.32 Å². The van der Waals surface area contributed by atoms with E-state index in [0.29, 0.717) is 16.3 Å². The van der Waals surface area contributed by atoms with Gasteiger partial charge < -0.3 is 5.32 Å². The molecule has 0 saturated carbocycles. The molecule has 0 atom stereocenters. The molecule has 82 valence electrons. The highest BCUT2D eigenvalue weighted by Gasteiger charge is 2.03. The van der Waals surface area contributed by atoms with Gasteiger partial charge in [0, 0.05) is 5.69 Å². The zero-order valence-electron chi connectivity index (χ0n) is 8.58. The van der Waals surface area contributed by atoms with Gasteiger partial charge in [-0.25, -0.2) is 0 Å². The number of hydrogen-bond acceptors (Lipinski definition) is 6. The van der Waals surface area contributed by atoms with Gasteiger partial charge in [-0.15, -0.1) is 12.6 Å². The highest BCUT2D eigenvalue weighted by atomic mass is 32.2. The molecule has 0 bridgehead atoms. The van der Waals surface area contributed by atoms with Crippen LogP contribution in [0.25, 0.3) is 0 Å². The van der Waals surface area contributed by atoms with E-state index in [1.165, 1.54) is 11.8 Å². The van der Waals surface area contributed by atoms with Crippen molar-refractivity contribution in [1.82, 2.24) is 15.0 Å². The molecule has 1 aromatic carbocycles. The summed E-state index contributed by atoms with van der Waals surface area (Å²) >= 11 is 5.59. The third-order valence-electron chi connectivity index (χ3n) is 1.82. The molecular formula is C10H10N4S2. The Morgan fingerprint density at radius 2 is 1.88 bits per heavy atom. The van der Waals surface area contributed by atoms with Crippen molar-refractivity contribution in [3.63, 3.8) is 0 Å². The van der Waals surface area contributed by atoms with Crippen LogP contribution in [0, 0.1) is 0 Å². The standard InChI is InChI=1S/C10H10N4S2/c1-16-10-13-8(12-9(15)14-10)11-7-5-3-2-4-6-7/h2-6H,1H3,(H2,11,12,13,14,15). The first-order valence-electron chi connectivity index (χ1n) is 4.59. The van der Waals surface area contributed by atoms with Crippen molar-refractivity contribution in [2.24, 2.45) is 0 Å². The molecule has 0 aliphatic carbocycles. The highest BCUT2D eigenvalue weighted by molar-refractivity contribution is 7.98. The number of rotatable bonds is 3. The van der Waals surface area contributed by atoms with Crippen molar-refractivity contribution in [3.05, 3.63) is 30.3 Å². The van der Waals surface area contributed by atoms with Gasteiger partial charge in [0.05, 0.1) is 0 Å². The Kier molecular flexibility index (Phi) is 3.63. The summed E-state index contributed by atoms with van der Waals surface area (Å²) in [5.74, 6) is 0.510. The number of nitrogens with zero attached hydrogens (tertiary/aromatic N) is 3. The first-order chi connectivity index (χ1) is 7.78. The van der Waals surface area contributed by atoms with Crippen LogP contribution in [-0.4, -0.2) is 21.2 Å². The molecule has 1 N–H and O–H groups in total. The van der Waals surface area contributed by atoms with E-state index in [4.69, 9.17) is 0 Å². The molecule has 2 rings (SSSR count). The third-order valence-corrected chi connectivity index (χ3v) is 2.56. The number of anilines is 2. The van der Waals surface area contributed by atoms with Gasteiger partial charge in [0.25, 0.3) is 0 Å². The normalized spacial score (nSPS) is 10.1. The van der Waals surface area contributed by atoms with E-state index in [2.05, 4.69) is 32.9 Å². The lowest BCUT2D eigenvalue weighted by Gasteiger charge is -2.05. The minimum absolute atomic E-state index is 0.415. The maximum absolute atomic E-state index is 4.23. The third kappa shape index (κ3) is 2.86. The fourth-order valence-electron chi connectivity index (χ4n) is 1.14. The molecule has 0 fully saturated rings. The summed E-state index contributed by atoms with van der Waals surface area (Å²) in [5, 5.41) is 4.16. The largest absolute Gasteiger partial charge is 0.324 e. The Bertz CT molecular complexity index is 476. The monoisotopic (exact) mass is 250 g/mol. The second kappa shape index (κ2) is 5.18. The van der Waals surface area contributed by atoms with Gasteiger partial charge in [0.1, 0.15) is 0 Å². The Morgan fingerprint density at radius 1 is 1.12 bits per heavy atom. The van der Waals surface area contributed by atoms with E-state index in [1.807, 2.05) is 36.6 Å². The summed E-state index contributed by atoms with van der Waals surface area (Å²) in [6, 6.07) is 9.73. The van der Waals surface area contributed by atoms with Gasteiger partial charge >= 0.3 is 0 Å². The Morgan fingerprint density at radius 3 is 2.56 bits per heavy atom. The molecule has 0 radical (unpaired) electrons. The first kappa shape index (κ1) is 11.2. The SMILES string of the molecule is CSc1nc(S)nc(Nc2ccccc2)n1. The topological polar surface area (TPSA) is 50.7 Å². The van der Waals surface area contributed by atoms with E-state index in [1.54, 1.807) is 0 Å². The minimum Gasteiger partial charge on any atom is -0.324 e. The van der Waals surface area contributed by atoms with Crippen LogP contribution in [0.2, 0.25) is 0 Å². The molecule has 0 unspecified atom stereocenters. The average Bonchev–Trinajstić information content (AvgIpc) is 2.29. The van der Waals surface area contributed by atoms with Crippen molar-refractivity contribution < 1.29 is 0 Å². The molecule has 4 nitrogen and oxygen atoms in total. The zero-order valence-corrected chi connectivity index (χ0v) is 10.3. The van der Waals surface area contributed by atoms with Gasteiger partial charge in [-0.3, -0.25) is 0 Å². The lowest BCUT2D eigenvalue weighted by atomic mass is 10.3. The summed E-state index contributed by atoms with van der Waals surface area (Å²) in [4.78, 5) is 12.4. The first-order valence-corrected chi connectivity index (χ1v) is 6.26. The minimum atomic E-state index is 0.415. The molecule has 0 saturated heterocycles. The lowest BCUT2D eigenvalue weighted by molar-refractivity contribution is 0.815. The number of aromatic nitrogens is 3. The van der Waals surface area contributed by atoms with Gasteiger partial charge in [-0.05, 0) is 18.4 Å². The van der Waals surface area contributed by atoms with Crippen LogP contribution in [0.3, 0.4) is 0 Å². The maximum atomic E-state index is 4.23. The Balaban J connectivity index is 2.24. The molecule has 6 heteroatoms. The van der Waals surface area contributed by atoms with Crippen molar-refractivity contribution >= 4 is 36.0 Å². The molecular weight excluding hydrogens is 240 g/mol. The summed E-state index contributed by atoms with van der Waals surface area (Å²) < 4.78 is 0. The lowest BCUT2D eigenvalue weighted by Crippen LogP contribution is -2.00. The van der Waals surface area contributed by atoms with E-state index >= 15 is 0 Å². The van der Waals surface area contributed by atoms with Crippen LogP contribution in [-0.2, 0) is 0 Å². The zero-order chi connectivity index (χ0) is 11.4. The Labute approximate surface area is 103 Å². The number of thiol groups is 1. The van der Waals surface area contributed by atoms with Gasteiger partial charge in [0.2, 0.25) is 5.95 Å². The summed E-state index contributed by atoms with van der Waals surface area (Å²) in [6.07, 6.45) is 1.91. The molecule has 0 spiro atoms. The van der Waals surface area contributed by atoms with E-state index in [-0.39, 0.29) is 0 Å². The van der Waals surface area contributed by atoms with Gasteiger partial charge in [-0.2, -0.15) is 15.0 Å². The molecule has 2 aromatic rings. The smallest absolute Gasteiger partial charge is 0.232 e. The van der Waals surface area contributed by atoms with Crippen molar-refractivity contribution in [3.8, 4) is 0 Å². The van der Waals surface area contributed by atoms with Crippen LogP contribution in [0.5, 0.6) is 0 Å². The van der Waals surface area contributed by atoms with Crippen LogP contribution in [0.15, 0.2) is 40.6 Å². The second-order valence-corrected chi connectivity index (χ2v) is 4.11. The molecule has 16 heavy (non-hydrogen) atoms. The van der Waals surface area contributed by atoms with Crippen molar-refractivity contribution in [2.45, 2.75) is 10.3 Å². The summed E-state index contributed by atoms with van der Waals surface area (Å²) in [7, 11) is 0. The van der Waals surface area contributed by atoms with E-state index in [9.17, 15) is 0 Å². The van der Waals surface area contributed by atoms with E-state index < -0.39 is 0 Å². The summed E-state index contributed by atoms with van der Waals surface area (Å²) in [6.45, 7) is 0. The van der Waals surface area contributed by atoms with Crippen LogP contribution in [0.1, 0.15) is 0 Å². The number of thioether (sulfide) groups is 1. The molecule has 0 aliphatic heterocycles. The molecule has 0 aliphatic rings. The fraction of sp³-hybridized carbons (Fsp3) is 0.100. The highest BCUT2D eigenvalue weighted by Crippen LogP contribution is 2.16. The van der Waals surface area contributed by atoms with Crippen molar-refractivity contribution in [1.29, 1.82) is 0 Å². The predicted molar refractivity (Wildman–Crippen MR) is 68.6 cm³/mol. The predicted octanol–water partition coefficient (Wildman–Crippen LogP) is 2.63. The second-order valence-electron chi connectivity index (χ2n) is 2.94. The number of nitrogens with one attached hydrogen (secondary N) is 1. The summed E-state index contributed by atoms with van der Waals surface area (Å²) in [5.41, 5.74) is 0.938. The van der Waals surface area contributed by atoms with Gasteiger partial charge in [0.15, 0.2) is 10.3 Å². The van der Waals surface area contributed by atoms with Gasteiger partial charge in [-0.1, -0.05) is 30.0 Å². The van der Waals surface area contributed by atoms with Crippen molar-refractivity contribution in [2.75, 3.05) is 11.6 Å². The Hall–Kier alpha value is -1.27.